The summed E-state index contributed by atoms with van der Waals surface area (Å²) in [5.74, 6) is 2.10. The summed E-state index contributed by atoms with van der Waals surface area (Å²) in [5, 5.41) is 0. The van der Waals surface area contributed by atoms with Crippen molar-refractivity contribution >= 4 is 11.6 Å². The highest BCUT2D eigenvalue weighted by molar-refractivity contribution is 6.18. The van der Waals surface area contributed by atoms with Crippen molar-refractivity contribution in [3.05, 3.63) is 23.9 Å². The number of pyridine rings is 1. The first-order valence-electron chi connectivity index (χ1n) is 6.04. The number of rotatable bonds is 4. The lowest BCUT2D eigenvalue weighted by molar-refractivity contribution is 0.237. The minimum Gasteiger partial charge on any atom is -0.481 e. The van der Waals surface area contributed by atoms with Gasteiger partial charge in [-0.05, 0) is 24.9 Å². The van der Waals surface area contributed by atoms with Gasteiger partial charge >= 0.3 is 0 Å². The van der Waals surface area contributed by atoms with Crippen LogP contribution in [0, 0.1) is 5.92 Å². The lowest BCUT2D eigenvalue weighted by atomic mass is 10.0. The number of hydrogen-bond acceptors (Lipinski definition) is 3. The number of halogens is 1. The van der Waals surface area contributed by atoms with Crippen molar-refractivity contribution in [3.63, 3.8) is 0 Å². The third-order valence-electron chi connectivity index (χ3n) is 3.57. The maximum atomic E-state index is 6.05. The highest BCUT2D eigenvalue weighted by atomic mass is 35.5. The molecule has 2 atom stereocenters. The van der Waals surface area contributed by atoms with Gasteiger partial charge in [0.15, 0.2) is 0 Å². The Hall–Kier alpha value is -0.800. The van der Waals surface area contributed by atoms with Crippen LogP contribution in [0.1, 0.15) is 18.9 Å². The van der Waals surface area contributed by atoms with Crippen LogP contribution < -0.4 is 4.74 Å². The smallest absolute Gasteiger partial charge is 0.217 e. The highest BCUT2D eigenvalue weighted by Crippen LogP contribution is 2.28. The maximum Gasteiger partial charge on any atom is 0.217 e. The lowest BCUT2D eigenvalue weighted by Crippen LogP contribution is -2.33. The van der Waals surface area contributed by atoms with E-state index in [4.69, 9.17) is 16.3 Å². The van der Waals surface area contributed by atoms with Crippen molar-refractivity contribution in [1.29, 1.82) is 0 Å². The Morgan fingerprint density at radius 2 is 2.41 bits per heavy atom. The summed E-state index contributed by atoms with van der Waals surface area (Å²) in [7, 11) is 1.66. The van der Waals surface area contributed by atoms with Crippen LogP contribution in [-0.2, 0) is 6.54 Å². The second-order valence-corrected chi connectivity index (χ2v) is 4.94. The van der Waals surface area contributed by atoms with Gasteiger partial charge in [0.2, 0.25) is 5.88 Å². The molecule has 0 spiro atoms. The number of nitrogens with zero attached hydrogens (tertiary/aromatic N) is 2. The summed E-state index contributed by atoms with van der Waals surface area (Å²) in [6, 6.07) is 4.49. The molecule has 0 bridgehead atoms. The predicted octanol–water partition coefficient (Wildman–Crippen LogP) is 2.54. The summed E-state index contributed by atoms with van der Waals surface area (Å²) < 4.78 is 5.28. The molecule has 1 aliphatic heterocycles. The van der Waals surface area contributed by atoms with Crippen LogP contribution in [0.25, 0.3) is 0 Å². The largest absolute Gasteiger partial charge is 0.481 e. The maximum absolute atomic E-state index is 6.05. The van der Waals surface area contributed by atoms with E-state index < -0.39 is 0 Å². The molecule has 0 aromatic carbocycles. The first kappa shape index (κ1) is 12.7. The SMILES string of the molecule is COc1ncccc1CN1CCC(C)C1CCl. The van der Waals surface area contributed by atoms with Crippen molar-refractivity contribution in [1.82, 2.24) is 9.88 Å². The van der Waals surface area contributed by atoms with Gasteiger partial charge in [-0.1, -0.05) is 13.0 Å². The second-order valence-electron chi connectivity index (χ2n) is 4.63. The van der Waals surface area contributed by atoms with E-state index in [1.54, 1.807) is 13.3 Å². The summed E-state index contributed by atoms with van der Waals surface area (Å²) >= 11 is 6.05. The molecule has 1 aliphatic rings. The Balaban J connectivity index is 2.10. The molecule has 3 nitrogen and oxygen atoms in total. The van der Waals surface area contributed by atoms with E-state index in [0.717, 1.165) is 24.5 Å². The van der Waals surface area contributed by atoms with Crippen LogP contribution >= 0.6 is 11.6 Å². The molecule has 94 valence electrons. The lowest BCUT2D eigenvalue weighted by Gasteiger charge is -2.25. The van der Waals surface area contributed by atoms with Crippen molar-refractivity contribution < 1.29 is 4.74 Å². The Kier molecular flexibility index (Phi) is 4.24. The van der Waals surface area contributed by atoms with E-state index >= 15 is 0 Å². The van der Waals surface area contributed by atoms with E-state index in [2.05, 4.69) is 22.9 Å². The van der Waals surface area contributed by atoms with Gasteiger partial charge in [0, 0.05) is 30.2 Å². The Bertz CT molecular complexity index is 372. The molecule has 4 heteroatoms. The van der Waals surface area contributed by atoms with Crippen molar-refractivity contribution in [2.24, 2.45) is 5.92 Å². The fourth-order valence-electron chi connectivity index (χ4n) is 2.48. The van der Waals surface area contributed by atoms with Gasteiger partial charge < -0.3 is 4.74 Å². The van der Waals surface area contributed by atoms with Crippen LogP contribution in [0.15, 0.2) is 18.3 Å². The highest BCUT2D eigenvalue weighted by Gasteiger charge is 2.30. The fourth-order valence-corrected chi connectivity index (χ4v) is 2.98. The molecule has 2 heterocycles. The van der Waals surface area contributed by atoms with Crippen LogP contribution in [0.4, 0.5) is 0 Å². The summed E-state index contributed by atoms with van der Waals surface area (Å²) in [5.41, 5.74) is 1.14. The first-order chi connectivity index (χ1) is 8.26. The van der Waals surface area contributed by atoms with Crippen LogP contribution in [-0.4, -0.2) is 35.5 Å². The molecule has 0 radical (unpaired) electrons. The average Bonchev–Trinajstić information content (AvgIpc) is 2.70. The summed E-state index contributed by atoms with van der Waals surface area (Å²) in [6.07, 6.45) is 2.98. The Morgan fingerprint density at radius 1 is 1.59 bits per heavy atom. The van der Waals surface area contributed by atoms with E-state index in [-0.39, 0.29) is 0 Å². The van der Waals surface area contributed by atoms with E-state index in [9.17, 15) is 0 Å². The number of likely N-dealkylation sites (tertiary alicyclic amines) is 1. The zero-order chi connectivity index (χ0) is 12.3. The second kappa shape index (κ2) is 5.69. The molecular weight excluding hydrogens is 236 g/mol. The molecule has 17 heavy (non-hydrogen) atoms. The van der Waals surface area contributed by atoms with Gasteiger partial charge in [0.1, 0.15) is 0 Å². The van der Waals surface area contributed by atoms with Gasteiger partial charge in [-0.25, -0.2) is 4.98 Å². The molecule has 0 amide bonds. The minimum absolute atomic E-state index is 0.474. The van der Waals surface area contributed by atoms with Crippen LogP contribution in [0.5, 0.6) is 5.88 Å². The van der Waals surface area contributed by atoms with Gasteiger partial charge in [-0.15, -0.1) is 11.6 Å². The third-order valence-corrected chi connectivity index (χ3v) is 3.89. The van der Waals surface area contributed by atoms with Gasteiger partial charge in [-0.3, -0.25) is 4.90 Å². The molecule has 0 N–H and O–H groups in total. The molecule has 2 rings (SSSR count). The monoisotopic (exact) mass is 254 g/mol. The molecule has 2 unspecified atom stereocenters. The first-order valence-corrected chi connectivity index (χ1v) is 6.57. The average molecular weight is 255 g/mol. The minimum atomic E-state index is 0.474. The molecule has 0 aliphatic carbocycles. The fraction of sp³-hybridized carbons (Fsp3) is 0.615. The molecular formula is C13H19ClN2O. The molecule has 1 aromatic rings. The molecule has 1 fully saturated rings. The third kappa shape index (κ3) is 2.72. The topological polar surface area (TPSA) is 25.4 Å². The number of ether oxygens (including phenoxy) is 1. The van der Waals surface area contributed by atoms with Crippen LogP contribution in [0.3, 0.4) is 0 Å². The quantitative estimate of drug-likeness (QED) is 0.773. The van der Waals surface area contributed by atoms with Crippen molar-refractivity contribution in [2.45, 2.75) is 25.9 Å². The Labute approximate surface area is 108 Å². The number of methoxy groups -OCH3 is 1. The van der Waals surface area contributed by atoms with E-state index in [1.807, 2.05) is 6.07 Å². The normalized spacial score (nSPS) is 25.1. The number of hydrogen-bond donors (Lipinski definition) is 0. The van der Waals surface area contributed by atoms with Gasteiger partial charge in [-0.2, -0.15) is 0 Å². The number of aromatic nitrogens is 1. The standard InChI is InChI=1S/C13H19ClN2O/c1-10-5-7-16(12(10)8-14)9-11-4-3-6-15-13(11)17-2/h3-4,6,10,12H,5,7-9H2,1-2H3. The zero-order valence-electron chi connectivity index (χ0n) is 10.4. The predicted molar refractivity (Wildman–Crippen MR) is 69.5 cm³/mol. The van der Waals surface area contributed by atoms with Crippen LogP contribution in [0.2, 0.25) is 0 Å². The molecule has 1 saturated heterocycles. The summed E-state index contributed by atoms with van der Waals surface area (Å²) in [4.78, 5) is 6.66. The Morgan fingerprint density at radius 3 is 3.12 bits per heavy atom. The number of alkyl halides is 1. The molecule has 1 aromatic heterocycles. The van der Waals surface area contributed by atoms with Gasteiger partial charge in [0.05, 0.1) is 7.11 Å². The summed E-state index contributed by atoms with van der Waals surface area (Å²) in [6.45, 7) is 4.25. The van der Waals surface area contributed by atoms with Crippen molar-refractivity contribution in [3.8, 4) is 5.88 Å². The van der Waals surface area contributed by atoms with Gasteiger partial charge in [0.25, 0.3) is 0 Å². The zero-order valence-corrected chi connectivity index (χ0v) is 11.2. The van der Waals surface area contributed by atoms with E-state index in [1.165, 1.54) is 6.42 Å². The van der Waals surface area contributed by atoms with E-state index in [0.29, 0.717) is 17.8 Å². The molecule has 0 saturated carbocycles. The van der Waals surface area contributed by atoms with Crippen molar-refractivity contribution in [2.75, 3.05) is 19.5 Å².